The van der Waals surface area contributed by atoms with E-state index in [4.69, 9.17) is 11.6 Å². The van der Waals surface area contributed by atoms with E-state index in [9.17, 15) is 0 Å². The van der Waals surface area contributed by atoms with Gasteiger partial charge < -0.3 is 0 Å². The Morgan fingerprint density at radius 3 is 3.00 bits per heavy atom. The number of fused-ring (bicyclic) bond motifs is 3. The molecule has 0 fully saturated rings. The van der Waals surface area contributed by atoms with Crippen molar-refractivity contribution in [2.45, 2.75) is 13.0 Å². The third kappa shape index (κ3) is 1.58. The topological polar surface area (TPSA) is 30.7 Å². The van der Waals surface area contributed by atoms with Crippen LogP contribution in [0, 0.1) is 0 Å². The summed E-state index contributed by atoms with van der Waals surface area (Å²) in [5.74, 6) is 0.649. The van der Waals surface area contributed by atoms with Gasteiger partial charge in [-0.25, -0.2) is 0 Å². The fourth-order valence-corrected chi connectivity index (χ4v) is 2.86. The van der Waals surface area contributed by atoms with Gasteiger partial charge in [0, 0.05) is 16.0 Å². The molecule has 5 heteroatoms. The number of rotatable bonds is 3. The molecular weight excluding hydrogens is 242 g/mol. The van der Waals surface area contributed by atoms with Gasteiger partial charge in [0.15, 0.2) is 4.83 Å². The molecule has 0 aliphatic rings. The normalized spacial score (nSPS) is 11.6. The van der Waals surface area contributed by atoms with Crippen molar-refractivity contribution in [2.75, 3.05) is 5.88 Å². The largest absolute Gasteiger partial charge is 0.183 e. The van der Waals surface area contributed by atoms with Crippen LogP contribution in [0.15, 0.2) is 24.3 Å². The minimum atomic E-state index is 0.649. The first-order valence-electron chi connectivity index (χ1n) is 5.17. The fourth-order valence-electron chi connectivity index (χ4n) is 1.73. The fraction of sp³-hybridized carbons (Fsp3) is 0.273. The molecule has 3 aromatic rings. The van der Waals surface area contributed by atoms with Crippen LogP contribution >= 0.6 is 22.9 Å². The number of benzene rings is 1. The number of halogens is 1. The highest BCUT2D eigenvalue weighted by Gasteiger charge is 2.09. The van der Waals surface area contributed by atoms with Crippen LogP contribution < -0.4 is 0 Å². The van der Waals surface area contributed by atoms with E-state index in [-0.39, 0.29) is 0 Å². The van der Waals surface area contributed by atoms with Gasteiger partial charge in [0.25, 0.3) is 0 Å². The lowest BCUT2D eigenvalue weighted by Crippen LogP contribution is -2.02. The second-order valence-electron chi connectivity index (χ2n) is 3.59. The number of hydrogen-bond donors (Lipinski definition) is 0. The van der Waals surface area contributed by atoms with E-state index < -0.39 is 0 Å². The summed E-state index contributed by atoms with van der Waals surface area (Å²) in [6.07, 6.45) is 0.904. The van der Waals surface area contributed by atoms with Crippen molar-refractivity contribution in [1.82, 2.24) is 15.0 Å². The molecule has 0 N–H and O–H groups in total. The minimum Gasteiger partial charge on any atom is -0.183 e. The van der Waals surface area contributed by atoms with Crippen LogP contribution in [-0.2, 0) is 6.54 Å². The Morgan fingerprint density at radius 1 is 1.25 bits per heavy atom. The van der Waals surface area contributed by atoms with Crippen LogP contribution in [0.3, 0.4) is 0 Å². The lowest BCUT2D eigenvalue weighted by atomic mass is 10.2. The summed E-state index contributed by atoms with van der Waals surface area (Å²) in [4.78, 5) is 2.76. The second-order valence-corrected chi connectivity index (χ2v) is 5.00. The Balaban J connectivity index is 2.11. The van der Waals surface area contributed by atoms with Gasteiger partial charge in [0.1, 0.15) is 5.52 Å². The molecule has 1 aromatic carbocycles. The van der Waals surface area contributed by atoms with Gasteiger partial charge in [-0.15, -0.1) is 28.0 Å². The highest BCUT2D eigenvalue weighted by Crippen LogP contribution is 2.30. The van der Waals surface area contributed by atoms with E-state index in [0.29, 0.717) is 5.88 Å². The maximum absolute atomic E-state index is 5.65. The van der Waals surface area contributed by atoms with Crippen molar-refractivity contribution in [3.63, 3.8) is 0 Å². The molecule has 82 valence electrons. The highest BCUT2D eigenvalue weighted by atomic mass is 35.5. The Labute approximate surface area is 102 Å². The molecule has 0 unspecified atom stereocenters. The van der Waals surface area contributed by atoms with E-state index in [2.05, 4.69) is 22.3 Å². The van der Waals surface area contributed by atoms with Gasteiger partial charge in [-0.3, -0.25) is 0 Å². The second kappa shape index (κ2) is 4.03. The van der Waals surface area contributed by atoms with Gasteiger partial charge in [0.05, 0.1) is 6.54 Å². The highest BCUT2D eigenvalue weighted by molar-refractivity contribution is 7.25. The van der Waals surface area contributed by atoms with Gasteiger partial charge in [0.2, 0.25) is 0 Å². The number of aromatic nitrogens is 3. The Bertz CT molecular complexity index is 628. The maximum atomic E-state index is 5.65. The van der Waals surface area contributed by atoms with E-state index in [1.165, 1.54) is 10.1 Å². The predicted molar refractivity (Wildman–Crippen MR) is 68.2 cm³/mol. The number of aryl methyl sites for hydroxylation is 1. The van der Waals surface area contributed by atoms with Crippen LogP contribution in [0.4, 0.5) is 0 Å². The molecule has 0 saturated carbocycles. The van der Waals surface area contributed by atoms with Crippen molar-refractivity contribution in [1.29, 1.82) is 0 Å². The average Bonchev–Trinajstić information content (AvgIpc) is 2.83. The minimum absolute atomic E-state index is 0.649. The Hall–Kier alpha value is -1.13. The first-order chi connectivity index (χ1) is 7.88. The van der Waals surface area contributed by atoms with E-state index in [1.54, 1.807) is 16.1 Å². The SMILES string of the molecule is ClCCCn1nc2sc3ccccc3c2n1. The van der Waals surface area contributed by atoms with Crippen LogP contribution in [0.5, 0.6) is 0 Å². The van der Waals surface area contributed by atoms with Gasteiger partial charge in [-0.05, 0) is 12.5 Å². The van der Waals surface area contributed by atoms with Crippen LogP contribution in [0.25, 0.3) is 20.4 Å². The zero-order chi connectivity index (χ0) is 11.0. The van der Waals surface area contributed by atoms with Crippen molar-refractivity contribution in [3.8, 4) is 0 Å². The number of alkyl halides is 1. The van der Waals surface area contributed by atoms with E-state index in [0.717, 1.165) is 23.3 Å². The average molecular weight is 252 g/mol. The summed E-state index contributed by atoms with van der Waals surface area (Å²) < 4.78 is 1.25. The summed E-state index contributed by atoms with van der Waals surface area (Å²) in [6.45, 7) is 0.791. The molecule has 2 aromatic heterocycles. The van der Waals surface area contributed by atoms with E-state index in [1.807, 2.05) is 12.1 Å². The van der Waals surface area contributed by atoms with Gasteiger partial charge in [-0.1, -0.05) is 18.2 Å². The monoisotopic (exact) mass is 251 g/mol. The van der Waals surface area contributed by atoms with Crippen LogP contribution in [0.1, 0.15) is 6.42 Å². The molecule has 0 amide bonds. The first-order valence-corrected chi connectivity index (χ1v) is 6.52. The molecule has 0 aliphatic carbocycles. The molecule has 0 bridgehead atoms. The third-order valence-electron chi connectivity index (χ3n) is 2.46. The molecule has 3 nitrogen and oxygen atoms in total. The molecule has 0 aliphatic heterocycles. The van der Waals surface area contributed by atoms with E-state index >= 15 is 0 Å². The third-order valence-corrected chi connectivity index (χ3v) is 3.78. The lowest BCUT2D eigenvalue weighted by Gasteiger charge is -1.94. The number of thiophene rings is 1. The summed E-state index contributed by atoms with van der Waals surface area (Å²) in [5, 5.41) is 10.1. The van der Waals surface area contributed by atoms with Crippen LogP contribution in [-0.4, -0.2) is 20.9 Å². The molecule has 0 atom stereocenters. The van der Waals surface area contributed by atoms with Crippen molar-refractivity contribution in [2.24, 2.45) is 0 Å². The summed E-state index contributed by atoms with van der Waals surface area (Å²) in [6, 6.07) is 8.27. The van der Waals surface area contributed by atoms with Crippen molar-refractivity contribution < 1.29 is 0 Å². The summed E-state index contributed by atoms with van der Waals surface area (Å²) >= 11 is 7.34. The molecule has 0 saturated heterocycles. The lowest BCUT2D eigenvalue weighted by molar-refractivity contribution is 0.538. The van der Waals surface area contributed by atoms with Gasteiger partial charge >= 0.3 is 0 Å². The zero-order valence-electron chi connectivity index (χ0n) is 8.56. The molecule has 0 radical (unpaired) electrons. The smallest absolute Gasteiger partial charge is 0.167 e. The molecule has 0 spiro atoms. The number of nitrogens with zero attached hydrogens (tertiary/aromatic N) is 3. The number of hydrogen-bond acceptors (Lipinski definition) is 3. The summed E-state index contributed by atoms with van der Waals surface area (Å²) in [7, 11) is 0. The Morgan fingerprint density at radius 2 is 2.12 bits per heavy atom. The molecule has 3 rings (SSSR count). The summed E-state index contributed by atoms with van der Waals surface area (Å²) in [5.41, 5.74) is 1.01. The van der Waals surface area contributed by atoms with Crippen molar-refractivity contribution >= 4 is 43.4 Å². The molecule has 2 heterocycles. The van der Waals surface area contributed by atoms with Gasteiger partial charge in [-0.2, -0.15) is 9.90 Å². The standard InChI is InChI=1S/C11H10ClN3S/c12-6-3-7-15-13-10-8-4-1-2-5-9(8)16-11(10)14-15/h1-2,4-5H,3,6-7H2. The Kier molecular flexibility index (Phi) is 2.53. The quantitative estimate of drug-likeness (QED) is 0.669. The van der Waals surface area contributed by atoms with Crippen molar-refractivity contribution in [3.05, 3.63) is 24.3 Å². The zero-order valence-corrected chi connectivity index (χ0v) is 10.1. The first kappa shape index (κ1) is 10.1. The molecular formula is C11H10ClN3S. The molecule has 16 heavy (non-hydrogen) atoms. The maximum Gasteiger partial charge on any atom is 0.167 e. The predicted octanol–water partition coefficient (Wildman–Crippen LogP) is 3.27. The van der Waals surface area contributed by atoms with Crippen LogP contribution in [0.2, 0.25) is 0 Å².